The molecule has 1 atom stereocenters. The van der Waals surface area contributed by atoms with Crippen molar-refractivity contribution in [3.8, 4) is 0 Å². The van der Waals surface area contributed by atoms with Gasteiger partial charge in [0.15, 0.2) is 0 Å². The van der Waals surface area contributed by atoms with E-state index in [4.69, 9.17) is 9.15 Å². The molecular weight excluding hydrogens is 216 g/mol. The lowest BCUT2D eigenvalue weighted by Crippen LogP contribution is -2.38. The molecule has 4 nitrogen and oxygen atoms in total. The van der Waals surface area contributed by atoms with Crippen LogP contribution in [-0.2, 0) is 11.3 Å². The lowest BCUT2D eigenvalue weighted by molar-refractivity contribution is 0.133. The molecule has 0 saturated carbocycles. The van der Waals surface area contributed by atoms with E-state index in [0.717, 1.165) is 38.5 Å². The van der Waals surface area contributed by atoms with E-state index in [-0.39, 0.29) is 0 Å². The molecule has 1 aliphatic heterocycles. The summed E-state index contributed by atoms with van der Waals surface area (Å²) in [5, 5.41) is 3.53. The number of hydrogen-bond acceptors (Lipinski definition) is 4. The molecule has 0 amide bonds. The van der Waals surface area contributed by atoms with Gasteiger partial charge < -0.3 is 14.5 Å². The van der Waals surface area contributed by atoms with Crippen molar-refractivity contribution in [3.63, 3.8) is 0 Å². The summed E-state index contributed by atoms with van der Waals surface area (Å²) in [7, 11) is 1.75. The molecule has 17 heavy (non-hydrogen) atoms. The van der Waals surface area contributed by atoms with Crippen molar-refractivity contribution in [2.75, 3.05) is 33.4 Å². The third-order valence-corrected chi connectivity index (χ3v) is 3.21. The Balaban J connectivity index is 1.83. The average molecular weight is 238 g/mol. The Hall–Kier alpha value is -0.840. The maximum absolute atomic E-state index is 5.41. The van der Waals surface area contributed by atoms with Crippen LogP contribution >= 0.6 is 0 Å². The van der Waals surface area contributed by atoms with Gasteiger partial charge in [0.2, 0.25) is 0 Å². The van der Waals surface area contributed by atoms with Gasteiger partial charge in [-0.05, 0) is 31.5 Å². The van der Waals surface area contributed by atoms with Gasteiger partial charge in [0.1, 0.15) is 5.76 Å². The van der Waals surface area contributed by atoms with E-state index in [9.17, 15) is 0 Å². The summed E-state index contributed by atoms with van der Waals surface area (Å²) in [6, 6.07) is 4.60. The molecule has 1 N–H and O–H groups in total. The van der Waals surface area contributed by atoms with Crippen LogP contribution in [0.3, 0.4) is 0 Å². The van der Waals surface area contributed by atoms with E-state index in [1.807, 2.05) is 12.1 Å². The van der Waals surface area contributed by atoms with Crippen LogP contribution in [0, 0.1) is 0 Å². The van der Waals surface area contributed by atoms with Gasteiger partial charge >= 0.3 is 0 Å². The van der Waals surface area contributed by atoms with Gasteiger partial charge in [-0.3, -0.25) is 4.90 Å². The topological polar surface area (TPSA) is 37.6 Å². The molecule has 0 radical (unpaired) electrons. The largest absolute Gasteiger partial charge is 0.468 e. The Kier molecular flexibility index (Phi) is 5.04. The maximum Gasteiger partial charge on any atom is 0.117 e. The molecule has 0 spiro atoms. The first kappa shape index (κ1) is 12.6. The Labute approximate surface area is 103 Å². The average Bonchev–Trinajstić information content (AvgIpc) is 2.99. The van der Waals surface area contributed by atoms with E-state index in [1.54, 1.807) is 13.4 Å². The molecule has 0 aliphatic carbocycles. The number of rotatable bonds is 7. The summed E-state index contributed by atoms with van der Waals surface area (Å²) in [6.45, 7) is 4.82. The normalized spacial score (nSPS) is 20.2. The minimum Gasteiger partial charge on any atom is -0.468 e. The van der Waals surface area contributed by atoms with Gasteiger partial charge in [-0.15, -0.1) is 0 Å². The highest BCUT2D eigenvalue weighted by Gasteiger charge is 2.18. The predicted molar refractivity (Wildman–Crippen MR) is 66.9 cm³/mol. The SMILES string of the molecule is COCCN(Cc1ccco1)CC1CCCN1. The summed E-state index contributed by atoms with van der Waals surface area (Å²) in [4.78, 5) is 2.39. The molecule has 1 unspecified atom stereocenters. The Bertz CT molecular complexity index is 294. The second-order valence-corrected chi connectivity index (χ2v) is 4.60. The van der Waals surface area contributed by atoms with Crippen LogP contribution in [0.4, 0.5) is 0 Å². The minimum absolute atomic E-state index is 0.627. The standard InChI is InChI=1S/C13H22N2O2/c1-16-9-7-15(10-12-4-2-6-14-12)11-13-5-3-8-17-13/h3,5,8,12,14H,2,4,6-7,9-11H2,1H3. The third-order valence-electron chi connectivity index (χ3n) is 3.21. The second-order valence-electron chi connectivity index (χ2n) is 4.60. The van der Waals surface area contributed by atoms with Gasteiger partial charge in [-0.25, -0.2) is 0 Å². The first-order valence-electron chi connectivity index (χ1n) is 6.35. The van der Waals surface area contributed by atoms with Crippen molar-refractivity contribution < 1.29 is 9.15 Å². The van der Waals surface area contributed by atoms with E-state index in [2.05, 4.69) is 10.2 Å². The molecular formula is C13H22N2O2. The Morgan fingerprint density at radius 3 is 3.18 bits per heavy atom. The molecule has 1 aromatic heterocycles. The number of methoxy groups -OCH3 is 1. The van der Waals surface area contributed by atoms with Crippen molar-refractivity contribution in [2.24, 2.45) is 0 Å². The monoisotopic (exact) mass is 238 g/mol. The Morgan fingerprint density at radius 2 is 2.53 bits per heavy atom. The zero-order valence-corrected chi connectivity index (χ0v) is 10.5. The molecule has 0 aromatic carbocycles. The Morgan fingerprint density at radius 1 is 1.59 bits per heavy atom. The van der Waals surface area contributed by atoms with Crippen molar-refractivity contribution in [2.45, 2.75) is 25.4 Å². The van der Waals surface area contributed by atoms with E-state index < -0.39 is 0 Å². The van der Waals surface area contributed by atoms with E-state index >= 15 is 0 Å². The van der Waals surface area contributed by atoms with Crippen LogP contribution in [0.5, 0.6) is 0 Å². The number of nitrogens with one attached hydrogen (secondary N) is 1. The van der Waals surface area contributed by atoms with Crippen molar-refractivity contribution >= 4 is 0 Å². The van der Waals surface area contributed by atoms with Crippen LogP contribution < -0.4 is 5.32 Å². The second kappa shape index (κ2) is 6.79. The van der Waals surface area contributed by atoms with Crippen molar-refractivity contribution in [1.29, 1.82) is 0 Å². The quantitative estimate of drug-likeness (QED) is 0.781. The molecule has 1 fully saturated rings. The first-order chi connectivity index (χ1) is 8.38. The number of hydrogen-bond donors (Lipinski definition) is 1. The third kappa shape index (κ3) is 4.15. The highest BCUT2D eigenvalue weighted by atomic mass is 16.5. The van der Waals surface area contributed by atoms with Gasteiger partial charge in [0.25, 0.3) is 0 Å². The van der Waals surface area contributed by atoms with E-state index in [1.165, 1.54) is 12.8 Å². The fourth-order valence-electron chi connectivity index (χ4n) is 2.30. The predicted octanol–water partition coefficient (Wildman–Crippen LogP) is 1.48. The summed E-state index contributed by atoms with van der Waals surface area (Å²) in [5.41, 5.74) is 0. The lowest BCUT2D eigenvalue weighted by atomic mass is 10.2. The smallest absolute Gasteiger partial charge is 0.117 e. The fraction of sp³-hybridized carbons (Fsp3) is 0.692. The molecule has 4 heteroatoms. The van der Waals surface area contributed by atoms with Crippen LogP contribution in [0.25, 0.3) is 0 Å². The zero-order valence-electron chi connectivity index (χ0n) is 10.5. The van der Waals surface area contributed by atoms with Gasteiger partial charge in [-0.1, -0.05) is 0 Å². The minimum atomic E-state index is 0.627. The van der Waals surface area contributed by atoms with Gasteiger partial charge in [-0.2, -0.15) is 0 Å². The molecule has 1 aromatic rings. The molecule has 2 rings (SSSR count). The molecule has 2 heterocycles. The summed E-state index contributed by atoms with van der Waals surface area (Å²) >= 11 is 0. The van der Waals surface area contributed by atoms with Gasteiger partial charge in [0.05, 0.1) is 19.4 Å². The zero-order chi connectivity index (χ0) is 11.9. The van der Waals surface area contributed by atoms with Crippen LogP contribution in [0.1, 0.15) is 18.6 Å². The number of furan rings is 1. The van der Waals surface area contributed by atoms with E-state index in [0.29, 0.717) is 6.04 Å². The molecule has 1 aliphatic rings. The maximum atomic E-state index is 5.41. The highest BCUT2D eigenvalue weighted by molar-refractivity contribution is 4.98. The lowest BCUT2D eigenvalue weighted by Gasteiger charge is -2.24. The number of nitrogens with zero attached hydrogens (tertiary/aromatic N) is 1. The van der Waals surface area contributed by atoms with Crippen LogP contribution in [0.2, 0.25) is 0 Å². The molecule has 1 saturated heterocycles. The fourth-order valence-corrected chi connectivity index (χ4v) is 2.30. The van der Waals surface area contributed by atoms with Crippen molar-refractivity contribution in [3.05, 3.63) is 24.2 Å². The highest BCUT2D eigenvalue weighted by Crippen LogP contribution is 2.10. The molecule has 0 bridgehead atoms. The van der Waals surface area contributed by atoms with Gasteiger partial charge in [0, 0.05) is 26.2 Å². The van der Waals surface area contributed by atoms with Crippen LogP contribution in [0.15, 0.2) is 22.8 Å². The van der Waals surface area contributed by atoms with Crippen molar-refractivity contribution in [1.82, 2.24) is 10.2 Å². The number of ether oxygens (including phenoxy) is 1. The summed E-state index contributed by atoms with van der Waals surface area (Å²) in [6.07, 6.45) is 4.31. The molecule has 96 valence electrons. The summed E-state index contributed by atoms with van der Waals surface area (Å²) < 4.78 is 10.6. The summed E-state index contributed by atoms with van der Waals surface area (Å²) in [5.74, 6) is 1.03. The first-order valence-corrected chi connectivity index (χ1v) is 6.35. The van der Waals surface area contributed by atoms with Crippen LogP contribution in [-0.4, -0.2) is 44.3 Å².